The molecule has 1 saturated carbocycles. The van der Waals surface area contributed by atoms with Crippen LogP contribution in [-0.2, 0) is 4.79 Å². The van der Waals surface area contributed by atoms with Gasteiger partial charge in [-0.1, -0.05) is 6.07 Å². The SMILES string of the molecule is [2H]C1[C@@H](c2ccc(F)c(F)c2)CC[C@]([2H])(C=O)C1([2H])[2H]. The highest BCUT2D eigenvalue weighted by Gasteiger charge is 2.22. The topological polar surface area (TPSA) is 17.1 Å². The molecule has 3 heteroatoms. The lowest BCUT2D eigenvalue weighted by molar-refractivity contribution is -0.111. The van der Waals surface area contributed by atoms with Crippen molar-refractivity contribution in [1.29, 1.82) is 0 Å². The molecule has 1 aliphatic carbocycles. The number of hydrogen-bond donors (Lipinski definition) is 0. The minimum atomic E-state index is -2.34. The van der Waals surface area contributed by atoms with Crippen LogP contribution in [0.15, 0.2) is 18.2 Å². The van der Waals surface area contributed by atoms with Crippen LogP contribution in [0.25, 0.3) is 0 Å². The predicted molar refractivity (Wildman–Crippen MR) is 57.1 cm³/mol. The zero-order valence-corrected chi connectivity index (χ0v) is 8.54. The average Bonchev–Trinajstić information content (AvgIpc) is 2.40. The Morgan fingerprint density at radius 1 is 1.38 bits per heavy atom. The Hall–Kier alpha value is -1.25. The minimum Gasteiger partial charge on any atom is -0.303 e. The first kappa shape index (κ1) is 7.15. The number of rotatable bonds is 2. The molecule has 1 fully saturated rings. The smallest absolute Gasteiger partial charge is 0.159 e. The Bertz CT molecular complexity index is 537. The van der Waals surface area contributed by atoms with E-state index in [4.69, 9.17) is 5.48 Å². The van der Waals surface area contributed by atoms with Crippen LogP contribution in [0.5, 0.6) is 0 Å². The second-order valence-electron chi connectivity index (χ2n) is 3.77. The molecular weight excluding hydrogens is 210 g/mol. The van der Waals surface area contributed by atoms with Crippen molar-refractivity contribution in [3.05, 3.63) is 35.4 Å². The second-order valence-corrected chi connectivity index (χ2v) is 3.77. The van der Waals surface area contributed by atoms with Gasteiger partial charge in [0.25, 0.3) is 0 Å². The van der Waals surface area contributed by atoms with Gasteiger partial charge >= 0.3 is 0 Å². The summed E-state index contributed by atoms with van der Waals surface area (Å²) in [5.41, 5.74) is 0.320. The van der Waals surface area contributed by atoms with Crippen LogP contribution in [0.4, 0.5) is 8.78 Å². The third-order valence-corrected chi connectivity index (χ3v) is 2.71. The molecule has 0 amide bonds. The van der Waals surface area contributed by atoms with Crippen LogP contribution in [0.2, 0.25) is 0 Å². The van der Waals surface area contributed by atoms with Crippen LogP contribution in [-0.4, -0.2) is 6.29 Å². The fourth-order valence-corrected chi connectivity index (χ4v) is 1.77. The van der Waals surface area contributed by atoms with Crippen LogP contribution in [0, 0.1) is 17.5 Å². The largest absolute Gasteiger partial charge is 0.303 e. The van der Waals surface area contributed by atoms with E-state index in [-0.39, 0.29) is 19.1 Å². The summed E-state index contributed by atoms with van der Waals surface area (Å²) in [6.07, 6.45) is -3.34. The van der Waals surface area contributed by atoms with Crippen LogP contribution in [0.1, 0.15) is 42.6 Å². The Morgan fingerprint density at radius 3 is 2.88 bits per heavy atom. The average molecular weight is 228 g/mol. The minimum absolute atomic E-state index is 0.0530. The maximum Gasteiger partial charge on any atom is 0.159 e. The molecule has 1 nitrogen and oxygen atoms in total. The fraction of sp³-hybridized carbons (Fsp3) is 0.462. The first-order chi connectivity index (χ1) is 9.23. The van der Waals surface area contributed by atoms with Gasteiger partial charge in [0.15, 0.2) is 11.6 Å². The first-order valence-corrected chi connectivity index (χ1v) is 5.06. The van der Waals surface area contributed by atoms with Gasteiger partial charge in [0.05, 0.1) is 0 Å². The summed E-state index contributed by atoms with van der Waals surface area (Å²) >= 11 is 0. The van der Waals surface area contributed by atoms with Crippen molar-refractivity contribution in [1.82, 2.24) is 0 Å². The highest BCUT2D eigenvalue weighted by atomic mass is 19.2. The van der Waals surface area contributed by atoms with E-state index >= 15 is 0 Å². The van der Waals surface area contributed by atoms with Gasteiger partial charge in [0, 0.05) is 11.4 Å². The molecule has 1 aromatic rings. The standard InChI is InChI=1S/C13H14F2O/c14-12-6-5-11(7-13(12)15)10-3-1-9(8-16)2-4-10/h5-10H,1-4H2/t9-,10-/i1D2,3D,9D/t3?,9-,10-/m1/s1. The summed E-state index contributed by atoms with van der Waals surface area (Å²) in [6, 6.07) is 3.21. The van der Waals surface area contributed by atoms with E-state index in [9.17, 15) is 13.6 Å². The third-order valence-electron chi connectivity index (χ3n) is 2.71. The maximum absolute atomic E-state index is 13.2. The van der Waals surface area contributed by atoms with E-state index in [1.54, 1.807) is 0 Å². The number of carbonyl (C=O) groups excluding carboxylic acids is 1. The molecule has 0 bridgehead atoms. The van der Waals surface area contributed by atoms with Gasteiger partial charge in [-0.2, -0.15) is 0 Å². The maximum atomic E-state index is 13.2. The van der Waals surface area contributed by atoms with E-state index in [2.05, 4.69) is 0 Å². The molecule has 1 aliphatic rings. The molecule has 86 valence electrons. The molecule has 3 atom stereocenters. The van der Waals surface area contributed by atoms with Crippen molar-refractivity contribution < 1.29 is 19.1 Å². The highest BCUT2D eigenvalue weighted by molar-refractivity contribution is 5.53. The molecule has 0 N–H and O–H groups in total. The Balaban J connectivity index is 2.36. The van der Waals surface area contributed by atoms with Crippen molar-refractivity contribution in [2.45, 2.75) is 31.5 Å². The van der Waals surface area contributed by atoms with Crippen molar-refractivity contribution in [2.24, 2.45) is 5.89 Å². The molecule has 0 heterocycles. The number of carbonyl (C=O) groups is 1. The Kier molecular flexibility index (Phi) is 2.11. The van der Waals surface area contributed by atoms with Gasteiger partial charge < -0.3 is 4.79 Å². The van der Waals surface area contributed by atoms with Crippen molar-refractivity contribution in [3.8, 4) is 0 Å². The summed E-state index contributed by atoms with van der Waals surface area (Å²) in [5.74, 6) is -4.68. The van der Waals surface area contributed by atoms with Crippen molar-refractivity contribution >= 4 is 6.29 Å². The molecule has 2 rings (SSSR count). The molecule has 0 aliphatic heterocycles. The van der Waals surface area contributed by atoms with E-state index in [1.165, 1.54) is 6.07 Å². The normalized spacial score (nSPS) is 41.4. The molecule has 1 unspecified atom stereocenters. The lowest BCUT2D eigenvalue weighted by Gasteiger charge is -2.25. The van der Waals surface area contributed by atoms with Gasteiger partial charge in [0.1, 0.15) is 6.29 Å². The van der Waals surface area contributed by atoms with Crippen molar-refractivity contribution in [2.75, 3.05) is 0 Å². The quantitative estimate of drug-likeness (QED) is 0.709. The third kappa shape index (κ3) is 2.29. The summed E-state index contributed by atoms with van der Waals surface area (Å²) in [6.45, 7) is 0. The summed E-state index contributed by atoms with van der Waals surface area (Å²) < 4.78 is 57.7. The van der Waals surface area contributed by atoms with E-state index in [1.807, 2.05) is 0 Å². The molecule has 0 aromatic heterocycles. The summed E-state index contributed by atoms with van der Waals surface area (Å²) in [4.78, 5) is 11.0. The lowest BCUT2D eigenvalue weighted by Crippen LogP contribution is -2.14. The van der Waals surface area contributed by atoms with Gasteiger partial charge in [-0.05, 0) is 49.2 Å². The van der Waals surface area contributed by atoms with Gasteiger partial charge in [0.2, 0.25) is 0 Å². The number of aldehydes is 1. The van der Waals surface area contributed by atoms with Gasteiger partial charge in [-0.25, -0.2) is 8.78 Å². The number of hydrogen-bond acceptors (Lipinski definition) is 1. The first-order valence-electron chi connectivity index (χ1n) is 7.14. The molecule has 0 saturated heterocycles. The molecule has 16 heavy (non-hydrogen) atoms. The van der Waals surface area contributed by atoms with Crippen LogP contribution in [0.3, 0.4) is 0 Å². The van der Waals surface area contributed by atoms with E-state index < -0.39 is 36.2 Å². The molecule has 0 radical (unpaired) electrons. The van der Waals surface area contributed by atoms with E-state index in [0.717, 1.165) is 12.1 Å². The van der Waals surface area contributed by atoms with Crippen molar-refractivity contribution in [3.63, 3.8) is 0 Å². The fourth-order valence-electron chi connectivity index (χ4n) is 1.77. The number of halogens is 2. The van der Waals surface area contributed by atoms with E-state index in [0.29, 0.717) is 5.56 Å². The molecule has 1 aromatic carbocycles. The summed E-state index contributed by atoms with van der Waals surface area (Å²) in [5, 5.41) is 0. The van der Waals surface area contributed by atoms with Gasteiger partial charge in [-0.3, -0.25) is 0 Å². The zero-order chi connectivity index (χ0) is 15.1. The van der Waals surface area contributed by atoms with Gasteiger partial charge in [-0.15, -0.1) is 0 Å². The van der Waals surface area contributed by atoms with Crippen LogP contribution < -0.4 is 0 Å². The number of benzene rings is 1. The predicted octanol–water partition coefficient (Wildman–Crippen LogP) is 3.44. The Labute approximate surface area is 99.1 Å². The Morgan fingerprint density at radius 2 is 2.19 bits per heavy atom. The second kappa shape index (κ2) is 4.73. The lowest BCUT2D eigenvalue weighted by atomic mass is 9.79. The monoisotopic (exact) mass is 228 g/mol. The highest BCUT2D eigenvalue weighted by Crippen LogP contribution is 2.35. The summed E-state index contributed by atoms with van der Waals surface area (Å²) in [7, 11) is 0. The van der Waals surface area contributed by atoms with Crippen LogP contribution >= 0.6 is 0 Å². The molecular formula is C13H14F2O. The molecule has 0 spiro atoms. The zero-order valence-electron chi connectivity index (χ0n) is 12.5.